The van der Waals surface area contributed by atoms with Crippen molar-refractivity contribution in [2.75, 3.05) is 7.05 Å². The largest absolute Gasteiger partial charge is 0.438 e. The second-order valence-corrected chi connectivity index (χ2v) is 3.67. The Kier molecular flexibility index (Phi) is 3.72. The predicted octanol–water partition coefficient (Wildman–Crippen LogP) is 1.81. The molecule has 5 nitrogen and oxygen atoms in total. The van der Waals surface area contributed by atoms with Gasteiger partial charge in [-0.2, -0.15) is 0 Å². The van der Waals surface area contributed by atoms with Crippen molar-refractivity contribution in [2.24, 2.45) is 0 Å². The van der Waals surface area contributed by atoms with Gasteiger partial charge in [-0.15, -0.1) is 5.10 Å². The number of ether oxygens (including phenoxy) is 1. The predicted molar refractivity (Wildman–Crippen MR) is 65.0 cm³/mol. The fourth-order valence-electron chi connectivity index (χ4n) is 1.59. The number of aryl methyl sites for hydroxylation is 1. The van der Waals surface area contributed by atoms with Crippen molar-refractivity contribution in [3.05, 3.63) is 36.0 Å². The summed E-state index contributed by atoms with van der Waals surface area (Å²) in [5.74, 6) is 1.46. The first-order valence-electron chi connectivity index (χ1n) is 5.63. The molecule has 0 unspecified atom stereocenters. The van der Waals surface area contributed by atoms with Crippen molar-refractivity contribution in [3.8, 4) is 11.6 Å². The molecule has 0 aliphatic heterocycles. The van der Waals surface area contributed by atoms with Crippen LogP contribution in [0.4, 0.5) is 0 Å². The maximum absolute atomic E-state index is 5.74. The lowest BCUT2D eigenvalue weighted by Crippen LogP contribution is -2.05. The molecule has 0 atom stereocenters. The van der Waals surface area contributed by atoms with E-state index >= 15 is 0 Å². The Morgan fingerprint density at radius 1 is 1.41 bits per heavy atom. The van der Waals surface area contributed by atoms with E-state index in [1.807, 2.05) is 32.2 Å². The number of hydrogen-bond acceptors (Lipinski definition) is 4. The quantitative estimate of drug-likeness (QED) is 0.854. The van der Waals surface area contributed by atoms with E-state index in [9.17, 15) is 0 Å². The summed E-state index contributed by atoms with van der Waals surface area (Å²) in [6.07, 6.45) is 1.62. The van der Waals surface area contributed by atoms with E-state index < -0.39 is 0 Å². The van der Waals surface area contributed by atoms with Crippen molar-refractivity contribution in [2.45, 2.75) is 20.0 Å². The minimum absolute atomic E-state index is 0.661. The van der Waals surface area contributed by atoms with Gasteiger partial charge < -0.3 is 10.1 Å². The van der Waals surface area contributed by atoms with Gasteiger partial charge >= 0.3 is 0 Å². The number of benzene rings is 1. The van der Waals surface area contributed by atoms with Gasteiger partial charge in [0.1, 0.15) is 11.9 Å². The molecule has 2 rings (SSSR count). The van der Waals surface area contributed by atoms with E-state index in [2.05, 4.69) is 21.7 Å². The van der Waals surface area contributed by atoms with Crippen LogP contribution in [0.15, 0.2) is 30.5 Å². The van der Waals surface area contributed by atoms with Gasteiger partial charge in [0.25, 0.3) is 0 Å². The van der Waals surface area contributed by atoms with Crippen LogP contribution in [0.5, 0.6) is 11.6 Å². The molecule has 1 aromatic carbocycles. The second kappa shape index (κ2) is 5.45. The highest BCUT2D eigenvalue weighted by molar-refractivity contribution is 5.31. The molecule has 2 aromatic rings. The monoisotopic (exact) mass is 232 g/mol. The lowest BCUT2D eigenvalue weighted by atomic mass is 10.2. The summed E-state index contributed by atoms with van der Waals surface area (Å²) in [7, 11) is 1.92. The Hall–Kier alpha value is -1.88. The highest BCUT2D eigenvalue weighted by atomic mass is 16.5. The number of hydrogen-bond donors (Lipinski definition) is 1. The minimum Gasteiger partial charge on any atom is -0.438 e. The molecule has 1 heterocycles. The van der Waals surface area contributed by atoms with Crippen LogP contribution < -0.4 is 10.1 Å². The molecular formula is C12H16N4O. The Bertz CT molecular complexity index is 481. The van der Waals surface area contributed by atoms with E-state index in [4.69, 9.17) is 4.74 Å². The summed E-state index contributed by atoms with van der Waals surface area (Å²) in [4.78, 5) is 0. The Labute approximate surface area is 100 Å². The molecular weight excluding hydrogens is 216 g/mol. The molecule has 0 aliphatic carbocycles. The fourth-order valence-corrected chi connectivity index (χ4v) is 1.59. The van der Waals surface area contributed by atoms with Gasteiger partial charge in [0, 0.05) is 13.1 Å². The van der Waals surface area contributed by atoms with Crippen molar-refractivity contribution >= 4 is 0 Å². The smallest absolute Gasteiger partial charge is 0.238 e. The summed E-state index contributed by atoms with van der Waals surface area (Å²) in [6, 6.07) is 7.95. The molecule has 90 valence electrons. The summed E-state index contributed by atoms with van der Waals surface area (Å²) in [5.41, 5.74) is 1.18. The Balaban J connectivity index is 2.15. The van der Waals surface area contributed by atoms with E-state index in [0.717, 1.165) is 18.8 Å². The molecule has 0 bridgehead atoms. The van der Waals surface area contributed by atoms with Crippen molar-refractivity contribution in [1.29, 1.82) is 0 Å². The number of aromatic nitrogens is 3. The van der Waals surface area contributed by atoms with Gasteiger partial charge in [-0.3, -0.25) is 0 Å². The molecule has 0 radical (unpaired) electrons. The molecule has 17 heavy (non-hydrogen) atoms. The number of nitrogens with one attached hydrogen (secondary N) is 1. The van der Waals surface area contributed by atoms with Crippen LogP contribution in [0.3, 0.4) is 0 Å². The number of rotatable bonds is 5. The van der Waals surface area contributed by atoms with Crippen molar-refractivity contribution < 1.29 is 4.74 Å². The van der Waals surface area contributed by atoms with Crippen LogP contribution >= 0.6 is 0 Å². The van der Waals surface area contributed by atoms with Gasteiger partial charge in [0.15, 0.2) is 0 Å². The summed E-state index contributed by atoms with van der Waals surface area (Å²) in [5, 5.41) is 10.8. The zero-order valence-corrected chi connectivity index (χ0v) is 10.1. The summed E-state index contributed by atoms with van der Waals surface area (Å²) < 4.78 is 7.45. The van der Waals surface area contributed by atoms with Crippen LogP contribution in [0.25, 0.3) is 0 Å². The lowest BCUT2D eigenvalue weighted by Gasteiger charge is -2.07. The van der Waals surface area contributed by atoms with E-state index in [0.29, 0.717) is 5.88 Å². The molecule has 1 N–H and O–H groups in total. The van der Waals surface area contributed by atoms with Crippen LogP contribution in [-0.4, -0.2) is 22.0 Å². The standard InChI is InChI=1S/C12H16N4O/c1-3-16-12(9-14-15-16)17-11-6-4-5-10(7-11)8-13-2/h4-7,9,13H,3,8H2,1-2H3. The molecule has 0 fully saturated rings. The highest BCUT2D eigenvalue weighted by Gasteiger charge is 2.04. The first kappa shape index (κ1) is 11.6. The molecule has 0 saturated carbocycles. The molecule has 1 aromatic heterocycles. The fraction of sp³-hybridized carbons (Fsp3) is 0.333. The molecule has 0 saturated heterocycles. The first-order chi connectivity index (χ1) is 8.33. The molecule has 0 aliphatic rings. The van der Waals surface area contributed by atoms with Crippen LogP contribution in [0.2, 0.25) is 0 Å². The second-order valence-electron chi connectivity index (χ2n) is 3.67. The summed E-state index contributed by atoms with van der Waals surface area (Å²) in [6.45, 7) is 3.56. The van der Waals surface area contributed by atoms with E-state index in [-0.39, 0.29) is 0 Å². The Morgan fingerprint density at radius 2 is 2.29 bits per heavy atom. The van der Waals surface area contributed by atoms with E-state index in [1.165, 1.54) is 5.56 Å². The molecule has 5 heteroatoms. The van der Waals surface area contributed by atoms with Crippen molar-refractivity contribution in [3.63, 3.8) is 0 Å². The normalized spacial score (nSPS) is 10.5. The average molecular weight is 232 g/mol. The third-order valence-corrected chi connectivity index (χ3v) is 2.38. The van der Waals surface area contributed by atoms with Crippen LogP contribution in [0.1, 0.15) is 12.5 Å². The summed E-state index contributed by atoms with van der Waals surface area (Å²) >= 11 is 0. The highest BCUT2D eigenvalue weighted by Crippen LogP contribution is 2.21. The zero-order chi connectivity index (χ0) is 12.1. The maximum atomic E-state index is 5.74. The third-order valence-electron chi connectivity index (χ3n) is 2.38. The SMILES string of the molecule is CCn1nncc1Oc1cccc(CNC)c1. The van der Waals surface area contributed by atoms with E-state index in [1.54, 1.807) is 10.9 Å². The minimum atomic E-state index is 0.661. The van der Waals surface area contributed by atoms with Gasteiger partial charge in [-0.05, 0) is 31.7 Å². The van der Waals surface area contributed by atoms with Crippen LogP contribution in [-0.2, 0) is 13.1 Å². The maximum Gasteiger partial charge on any atom is 0.238 e. The zero-order valence-electron chi connectivity index (χ0n) is 10.1. The molecule has 0 amide bonds. The van der Waals surface area contributed by atoms with Gasteiger partial charge in [0.2, 0.25) is 5.88 Å². The Morgan fingerprint density at radius 3 is 3.06 bits per heavy atom. The third kappa shape index (κ3) is 2.82. The number of nitrogens with zero attached hydrogens (tertiary/aromatic N) is 3. The first-order valence-corrected chi connectivity index (χ1v) is 5.63. The topological polar surface area (TPSA) is 52.0 Å². The lowest BCUT2D eigenvalue weighted by molar-refractivity contribution is 0.415. The van der Waals surface area contributed by atoms with Gasteiger partial charge in [0.05, 0.1) is 0 Å². The van der Waals surface area contributed by atoms with Gasteiger partial charge in [-0.1, -0.05) is 17.3 Å². The average Bonchev–Trinajstić information content (AvgIpc) is 2.77. The molecule has 0 spiro atoms. The van der Waals surface area contributed by atoms with Crippen molar-refractivity contribution in [1.82, 2.24) is 20.3 Å². The van der Waals surface area contributed by atoms with Gasteiger partial charge in [-0.25, -0.2) is 4.68 Å². The van der Waals surface area contributed by atoms with Crippen LogP contribution in [0, 0.1) is 0 Å².